The molecule has 0 atom stereocenters. The molecule has 0 spiro atoms. The highest BCUT2D eigenvalue weighted by Gasteiger charge is 2.44. The van der Waals surface area contributed by atoms with Gasteiger partial charge in [-0.25, -0.2) is 23.4 Å². The van der Waals surface area contributed by atoms with E-state index in [9.17, 15) is 33.0 Å². The Morgan fingerprint density at radius 1 is 0.851 bits per heavy atom. The fourth-order valence-corrected chi connectivity index (χ4v) is 6.53. The normalized spacial score (nSPS) is 24.0. The van der Waals surface area contributed by atoms with Crippen LogP contribution in [0, 0.1) is 24.7 Å². The van der Waals surface area contributed by atoms with Crippen LogP contribution in [0.15, 0.2) is 22.0 Å². The number of aromatic nitrogens is 4. The molecule has 2 heterocycles. The molecule has 16 heteroatoms. The van der Waals surface area contributed by atoms with E-state index in [2.05, 4.69) is 19.9 Å². The molecule has 0 amide bonds. The second kappa shape index (κ2) is 16.9. The number of nitrogens with zero attached hydrogens (tertiary/aromatic N) is 3. The van der Waals surface area contributed by atoms with Gasteiger partial charge in [-0.2, -0.15) is 0 Å². The number of nitrogens with one attached hydrogen (secondary N) is 1. The van der Waals surface area contributed by atoms with E-state index in [0.717, 1.165) is 13.2 Å². The molecular formula is C31H46N4O11S. The summed E-state index contributed by atoms with van der Waals surface area (Å²) in [5, 5.41) is 26.5. The Balaban J connectivity index is 0.000000296. The summed E-state index contributed by atoms with van der Waals surface area (Å²) >= 11 is 0. The molecule has 2 aromatic heterocycles. The Morgan fingerprint density at radius 3 is 1.66 bits per heavy atom. The minimum absolute atomic E-state index is 0.0203. The number of carbonyl (C=O) groups excluding carboxylic acids is 2. The van der Waals surface area contributed by atoms with Gasteiger partial charge in [0.25, 0.3) is 11.5 Å². The van der Waals surface area contributed by atoms with Crippen molar-refractivity contribution in [2.75, 3.05) is 33.7 Å². The second-order valence-electron chi connectivity index (χ2n) is 12.2. The van der Waals surface area contributed by atoms with Gasteiger partial charge in [-0.05, 0) is 71.3 Å². The van der Waals surface area contributed by atoms with Gasteiger partial charge in [0, 0.05) is 42.5 Å². The molecule has 2 saturated carbocycles. The van der Waals surface area contributed by atoms with E-state index < -0.39 is 32.6 Å². The van der Waals surface area contributed by atoms with Crippen molar-refractivity contribution in [3.8, 4) is 0 Å². The van der Waals surface area contributed by atoms with Gasteiger partial charge in [0.15, 0.2) is 14.9 Å². The van der Waals surface area contributed by atoms with Gasteiger partial charge in [-0.1, -0.05) is 0 Å². The molecular weight excluding hydrogens is 636 g/mol. The van der Waals surface area contributed by atoms with Crippen molar-refractivity contribution in [2.45, 2.75) is 89.0 Å². The van der Waals surface area contributed by atoms with Gasteiger partial charge in [0.2, 0.25) is 0 Å². The average Bonchev–Trinajstić information content (AvgIpc) is 3.03. The Morgan fingerprint density at radius 2 is 1.28 bits per heavy atom. The van der Waals surface area contributed by atoms with Crippen LogP contribution in [0.1, 0.15) is 93.2 Å². The average molecular weight is 683 g/mol. The third-order valence-corrected chi connectivity index (χ3v) is 9.56. The Labute approximate surface area is 274 Å². The molecule has 262 valence electrons. The molecule has 4 N–H and O–H groups in total. The van der Waals surface area contributed by atoms with Gasteiger partial charge < -0.3 is 29.8 Å². The third-order valence-electron chi connectivity index (χ3n) is 8.60. The van der Waals surface area contributed by atoms with Crippen LogP contribution in [-0.2, 0) is 33.7 Å². The number of esters is 2. The summed E-state index contributed by atoms with van der Waals surface area (Å²) in [4.78, 5) is 59.9. The lowest BCUT2D eigenvalue weighted by molar-refractivity contribution is -0.159. The first-order valence-corrected chi connectivity index (χ1v) is 17.1. The van der Waals surface area contributed by atoms with E-state index in [0.29, 0.717) is 74.4 Å². The minimum atomic E-state index is -3.40. The number of sulfone groups is 1. The number of H-pyrrole nitrogens is 1. The number of hydrogen-bond donors (Lipinski definition) is 4. The van der Waals surface area contributed by atoms with E-state index in [4.69, 9.17) is 19.4 Å². The number of carbonyl (C=O) groups is 3. The van der Waals surface area contributed by atoms with E-state index in [1.165, 1.54) is 26.4 Å². The predicted octanol–water partition coefficient (Wildman–Crippen LogP) is 1.98. The largest absolute Gasteiger partial charge is 0.481 e. The lowest BCUT2D eigenvalue weighted by atomic mass is 9.70. The summed E-state index contributed by atoms with van der Waals surface area (Å²) in [7, 11) is -0.745. The van der Waals surface area contributed by atoms with Crippen molar-refractivity contribution >= 4 is 27.7 Å². The number of rotatable bonds is 7. The summed E-state index contributed by atoms with van der Waals surface area (Å²) in [6.07, 6.45) is 5.72. The fraction of sp³-hybridized carbons (Fsp3) is 0.645. The van der Waals surface area contributed by atoms with E-state index in [1.807, 2.05) is 0 Å². The fourth-order valence-electron chi connectivity index (χ4n) is 5.89. The first kappa shape index (κ1) is 39.4. The molecule has 2 aliphatic rings. The predicted molar refractivity (Wildman–Crippen MR) is 168 cm³/mol. The number of aliphatic hydroxyl groups is 2. The lowest BCUT2D eigenvalue weighted by Gasteiger charge is -2.35. The van der Waals surface area contributed by atoms with Crippen LogP contribution in [0.5, 0.6) is 0 Å². The molecule has 2 aromatic rings. The number of hydrogen-bond acceptors (Lipinski definition) is 13. The van der Waals surface area contributed by atoms with Crippen LogP contribution < -0.4 is 5.56 Å². The summed E-state index contributed by atoms with van der Waals surface area (Å²) in [6, 6.07) is 2.91. The first-order chi connectivity index (χ1) is 21.9. The first-order valence-electron chi connectivity index (χ1n) is 15.2. The zero-order chi connectivity index (χ0) is 35.6. The summed E-state index contributed by atoms with van der Waals surface area (Å²) in [5.74, 6) is -0.343. The Bertz CT molecular complexity index is 1560. The molecule has 2 fully saturated rings. The molecule has 0 aliphatic heterocycles. The highest BCUT2D eigenvalue weighted by molar-refractivity contribution is 7.90. The lowest BCUT2D eigenvalue weighted by Crippen LogP contribution is -2.39. The van der Waals surface area contributed by atoms with Crippen molar-refractivity contribution in [1.82, 2.24) is 19.9 Å². The molecule has 0 bridgehead atoms. The summed E-state index contributed by atoms with van der Waals surface area (Å²) in [5.41, 5.74) is -0.526. The van der Waals surface area contributed by atoms with Gasteiger partial charge >= 0.3 is 11.9 Å². The second-order valence-corrected chi connectivity index (χ2v) is 14.1. The van der Waals surface area contributed by atoms with Crippen molar-refractivity contribution in [1.29, 1.82) is 0 Å². The van der Waals surface area contributed by atoms with Crippen LogP contribution in [0.2, 0.25) is 0 Å². The quantitative estimate of drug-likeness (QED) is 0.241. The van der Waals surface area contributed by atoms with Crippen molar-refractivity contribution in [3.05, 3.63) is 45.5 Å². The Kier molecular flexibility index (Phi) is 14.2. The summed E-state index contributed by atoms with van der Waals surface area (Å²) < 4.78 is 33.0. The molecule has 4 rings (SSSR count). The standard InChI is InChI=1S/C15H22N2O5S.C14H20N2O4.C2H4O2/c1-10-8-12(23(3,20)21)17-13(16-10)11-4-6-15(9-18,7-5-11)14(19)22-2;1-9-7-11(18)16-12(15-9)10-3-5-14(8-17,6-4-10)13(19)20-2;1-2(3)4/h8,11,18H,4-7,9H2,1-3H3;7,10,17H,3-6,8H2,1-2H3,(H,15,16,18);1H3,(H,3,4). The highest BCUT2D eigenvalue weighted by atomic mass is 32.2. The van der Waals surface area contributed by atoms with Gasteiger partial charge in [0.05, 0.1) is 38.3 Å². The number of ether oxygens (including phenoxy) is 2. The van der Waals surface area contributed by atoms with Gasteiger partial charge in [-0.3, -0.25) is 19.2 Å². The zero-order valence-electron chi connectivity index (χ0n) is 27.7. The van der Waals surface area contributed by atoms with Crippen molar-refractivity contribution in [3.63, 3.8) is 0 Å². The van der Waals surface area contributed by atoms with E-state index >= 15 is 0 Å². The molecule has 0 unspecified atom stereocenters. The number of aliphatic hydroxyl groups excluding tert-OH is 2. The van der Waals surface area contributed by atoms with Crippen molar-refractivity contribution < 1.29 is 47.6 Å². The van der Waals surface area contributed by atoms with Crippen molar-refractivity contribution in [2.24, 2.45) is 10.8 Å². The molecule has 15 nitrogen and oxygen atoms in total. The molecule has 0 aromatic carbocycles. The van der Waals surface area contributed by atoms with E-state index in [1.54, 1.807) is 13.8 Å². The highest BCUT2D eigenvalue weighted by Crippen LogP contribution is 2.44. The SMILES string of the molecule is CC(=O)O.COC(=O)C1(CO)CCC(c2nc(C)cc(=O)[nH]2)CC1.COC(=O)C1(CO)CCC(c2nc(C)cc(S(C)(=O)=O)n2)CC1. The van der Waals surface area contributed by atoms with Crippen LogP contribution in [0.4, 0.5) is 0 Å². The molecule has 0 radical (unpaired) electrons. The number of methoxy groups -OCH3 is 2. The number of aliphatic carboxylic acids is 1. The van der Waals surface area contributed by atoms with Crippen LogP contribution in [0.25, 0.3) is 0 Å². The maximum atomic E-state index is 11.9. The monoisotopic (exact) mass is 682 g/mol. The smallest absolute Gasteiger partial charge is 0.314 e. The number of aromatic amines is 1. The van der Waals surface area contributed by atoms with Gasteiger partial charge in [0.1, 0.15) is 11.6 Å². The van der Waals surface area contributed by atoms with E-state index in [-0.39, 0.29) is 41.6 Å². The minimum Gasteiger partial charge on any atom is -0.481 e. The maximum Gasteiger partial charge on any atom is 0.314 e. The molecule has 47 heavy (non-hydrogen) atoms. The van der Waals surface area contributed by atoms with Crippen LogP contribution in [-0.4, -0.2) is 95.3 Å². The van der Waals surface area contributed by atoms with Crippen LogP contribution in [0.3, 0.4) is 0 Å². The number of aryl methyl sites for hydroxylation is 2. The van der Waals surface area contributed by atoms with Gasteiger partial charge in [-0.15, -0.1) is 0 Å². The number of carboxylic acids is 1. The zero-order valence-corrected chi connectivity index (χ0v) is 28.6. The third kappa shape index (κ3) is 10.6. The molecule has 0 saturated heterocycles. The molecule has 2 aliphatic carbocycles. The maximum absolute atomic E-state index is 11.9. The summed E-state index contributed by atoms with van der Waals surface area (Å²) in [6.45, 7) is 4.14. The number of carboxylic acid groups (broad SMARTS) is 1. The Hall–Kier alpha value is -3.76. The topological polar surface area (TPSA) is 236 Å². The van der Waals surface area contributed by atoms with Crippen LogP contribution >= 0.6 is 0 Å².